The minimum Gasteiger partial charge on any atom is -0.282 e. The van der Waals surface area contributed by atoms with Gasteiger partial charge in [0.2, 0.25) is 6.20 Å². The van der Waals surface area contributed by atoms with Crippen LogP contribution in [0.2, 0.25) is 0 Å². The van der Waals surface area contributed by atoms with E-state index in [1.54, 1.807) is 10.9 Å². The first-order valence-electron chi connectivity index (χ1n) is 4.58. The average Bonchev–Trinajstić information content (AvgIpc) is 2.07. The Kier molecular flexibility index (Phi) is 1.88. The third-order valence-electron chi connectivity index (χ3n) is 2.34. The van der Waals surface area contributed by atoms with Crippen molar-refractivity contribution in [2.24, 2.45) is 7.05 Å². The summed E-state index contributed by atoms with van der Waals surface area (Å²) in [5.74, 6) is 0. The fraction of sp³-hybridized carbons (Fsp3) is 0.273. The molecule has 0 unspecified atom stereocenters. The Morgan fingerprint density at radius 1 is 1.29 bits per heavy atom. The summed E-state index contributed by atoms with van der Waals surface area (Å²) in [4.78, 5) is 11.7. The van der Waals surface area contributed by atoms with Crippen LogP contribution >= 0.6 is 0 Å². The molecule has 3 nitrogen and oxygen atoms in total. The predicted octanol–water partition coefficient (Wildman–Crippen LogP) is 0.969. The van der Waals surface area contributed by atoms with Crippen LogP contribution in [0, 0.1) is 13.8 Å². The number of aromatic nitrogens is 2. The third-order valence-corrected chi connectivity index (χ3v) is 2.34. The number of H-pyrrole nitrogens is 1. The second kappa shape index (κ2) is 2.94. The van der Waals surface area contributed by atoms with Crippen LogP contribution < -0.4 is 10.1 Å². The zero-order valence-corrected chi connectivity index (χ0v) is 8.59. The normalized spacial score (nSPS) is 10.8. The molecule has 0 aliphatic carbocycles. The van der Waals surface area contributed by atoms with Crippen LogP contribution in [0.4, 0.5) is 0 Å². The van der Waals surface area contributed by atoms with Gasteiger partial charge in [-0.2, -0.15) is 5.10 Å². The predicted molar refractivity (Wildman–Crippen MR) is 55.2 cm³/mol. The minimum absolute atomic E-state index is 0.0630. The molecule has 0 aliphatic rings. The molecule has 0 spiro atoms. The molecule has 14 heavy (non-hydrogen) atoms. The molecular weight excluding hydrogens is 176 g/mol. The van der Waals surface area contributed by atoms with Crippen molar-refractivity contribution in [2.75, 3.05) is 0 Å². The van der Waals surface area contributed by atoms with Gasteiger partial charge in [-0.05, 0) is 31.0 Å². The molecule has 72 valence electrons. The first kappa shape index (κ1) is 8.94. The summed E-state index contributed by atoms with van der Waals surface area (Å²) < 4.78 is 1.69. The summed E-state index contributed by atoms with van der Waals surface area (Å²) >= 11 is 0. The van der Waals surface area contributed by atoms with E-state index in [2.05, 4.69) is 11.2 Å². The van der Waals surface area contributed by atoms with Gasteiger partial charge >= 0.3 is 0 Å². The molecular formula is C11H13N2O+. The number of benzene rings is 1. The average molecular weight is 189 g/mol. The maximum Gasteiger partial charge on any atom is 0.253 e. The molecule has 2 rings (SSSR count). The van der Waals surface area contributed by atoms with Crippen LogP contribution in [0.25, 0.3) is 10.9 Å². The van der Waals surface area contributed by atoms with Crippen molar-refractivity contribution < 1.29 is 4.68 Å². The minimum atomic E-state index is 0.0630. The standard InChI is InChI=1S/C11H12N2O/c1-7-4-8(2)11-9(5-7)10(14)6-13(3)12-11/h4-6H,1-3H3/p+1. The third kappa shape index (κ3) is 1.31. The van der Waals surface area contributed by atoms with Gasteiger partial charge in [0.05, 0.1) is 5.39 Å². The Morgan fingerprint density at radius 3 is 2.71 bits per heavy atom. The summed E-state index contributed by atoms with van der Waals surface area (Å²) in [7, 11) is 1.82. The van der Waals surface area contributed by atoms with E-state index in [4.69, 9.17) is 0 Å². The van der Waals surface area contributed by atoms with Crippen molar-refractivity contribution in [3.8, 4) is 0 Å². The molecule has 2 aromatic rings. The van der Waals surface area contributed by atoms with Gasteiger partial charge in [-0.25, -0.2) is 0 Å². The molecule has 1 aromatic heterocycles. The highest BCUT2D eigenvalue weighted by atomic mass is 16.1. The van der Waals surface area contributed by atoms with Gasteiger partial charge in [0.1, 0.15) is 5.52 Å². The Labute approximate surface area is 82.0 Å². The number of hydrogen-bond acceptors (Lipinski definition) is 1. The Bertz CT molecular complexity index is 555. The van der Waals surface area contributed by atoms with Crippen LogP contribution in [0.15, 0.2) is 23.1 Å². The van der Waals surface area contributed by atoms with Gasteiger partial charge < -0.3 is 0 Å². The van der Waals surface area contributed by atoms with E-state index in [1.807, 2.05) is 27.0 Å². The molecule has 0 bridgehead atoms. The first-order chi connectivity index (χ1) is 6.58. The molecule has 0 saturated heterocycles. The monoisotopic (exact) mass is 189 g/mol. The molecule has 0 aliphatic heterocycles. The number of aryl methyl sites for hydroxylation is 3. The van der Waals surface area contributed by atoms with Gasteiger partial charge in [0.25, 0.3) is 5.43 Å². The van der Waals surface area contributed by atoms with Gasteiger partial charge in [0.15, 0.2) is 7.05 Å². The fourth-order valence-electron chi connectivity index (χ4n) is 1.76. The number of hydrogen-bond donors (Lipinski definition) is 1. The first-order valence-corrected chi connectivity index (χ1v) is 4.58. The topological polar surface area (TPSA) is 36.7 Å². The number of rotatable bonds is 0. The lowest BCUT2D eigenvalue weighted by molar-refractivity contribution is -0.729. The maximum absolute atomic E-state index is 11.7. The summed E-state index contributed by atoms with van der Waals surface area (Å²) in [6.07, 6.45) is 1.56. The smallest absolute Gasteiger partial charge is 0.253 e. The SMILES string of the molecule is Cc1cc(C)c2[nH][n+](C)cc(=O)c2c1. The van der Waals surface area contributed by atoms with Gasteiger partial charge in [-0.3, -0.25) is 4.79 Å². The lowest BCUT2D eigenvalue weighted by Gasteiger charge is -2.01. The van der Waals surface area contributed by atoms with E-state index >= 15 is 0 Å². The molecule has 0 radical (unpaired) electrons. The molecule has 3 heteroatoms. The van der Waals surface area contributed by atoms with Crippen LogP contribution in [0.5, 0.6) is 0 Å². The fourth-order valence-corrected chi connectivity index (χ4v) is 1.76. The van der Waals surface area contributed by atoms with E-state index in [1.165, 1.54) is 0 Å². The van der Waals surface area contributed by atoms with E-state index in [0.29, 0.717) is 0 Å². The number of nitrogens with zero attached hydrogens (tertiary/aromatic N) is 1. The molecule has 1 heterocycles. The van der Waals surface area contributed by atoms with Crippen molar-refractivity contribution in [1.29, 1.82) is 0 Å². The molecule has 0 atom stereocenters. The second-order valence-electron chi connectivity index (χ2n) is 3.72. The van der Waals surface area contributed by atoms with E-state index in [-0.39, 0.29) is 5.43 Å². The molecule has 0 saturated carbocycles. The van der Waals surface area contributed by atoms with Crippen molar-refractivity contribution in [1.82, 2.24) is 5.10 Å². The summed E-state index contributed by atoms with van der Waals surface area (Å²) in [5, 5.41) is 3.91. The van der Waals surface area contributed by atoms with Gasteiger partial charge in [-0.1, -0.05) is 6.07 Å². The van der Waals surface area contributed by atoms with Crippen LogP contribution in [-0.4, -0.2) is 5.10 Å². The Morgan fingerprint density at radius 2 is 2.00 bits per heavy atom. The Balaban J connectivity index is 3.02. The highest BCUT2D eigenvalue weighted by Crippen LogP contribution is 2.13. The van der Waals surface area contributed by atoms with E-state index < -0.39 is 0 Å². The number of fused-ring (bicyclic) bond motifs is 1. The summed E-state index contributed by atoms with van der Waals surface area (Å²) in [6, 6.07) is 3.99. The zero-order valence-electron chi connectivity index (χ0n) is 8.59. The van der Waals surface area contributed by atoms with Crippen LogP contribution in [-0.2, 0) is 7.05 Å². The summed E-state index contributed by atoms with van der Waals surface area (Å²) in [5.41, 5.74) is 3.21. The van der Waals surface area contributed by atoms with Crippen LogP contribution in [0.1, 0.15) is 11.1 Å². The zero-order chi connectivity index (χ0) is 10.3. The number of aromatic amines is 1. The quantitative estimate of drug-likeness (QED) is 0.616. The van der Waals surface area contributed by atoms with Gasteiger partial charge in [-0.15, -0.1) is 4.68 Å². The number of nitrogens with one attached hydrogen (secondary N) is 1. The Hall–Kier alpha value is -1.64. The lowest BCUT2D eigenvalue weighted by Crippen LogP contribution is -2.36. The highest BCUT2D eigenvalue weighted by Gasteiger charge is 2.07. The van der Waals surface area contributed by atoms with E-state index in [0.717, 1.165) is 22.0 Å². The highest BCUT2D eigenvalue weighted by molar-refractivity contribution is 5.81. The molecule has 0 fully saturated rings. The van der Waals surface area contributed by atoms with Crippen molar-refractivity contribution in [3.05, 3.63) is 39.7 Å². The lowest BCUT2D eigenvalue weighted by atomic mass is 10.1. The van der Waals surface area contributed by atoms with Crippen LogP contribution in [0.3, 0.4) is 0 Å². The maximum atomic E-state index is 11.7. The molecule has 1 N–H and O–H groups in total. The van der Waals surface area contributed by atoms with Crippen molar-refractivity contribution >= 4 is 10.9 Å². The summed E-state index contributed by atoms with van der Waals surface area (Å²) in [6.45, 7) is 4.00. The van der Waals surface area contributed by atoms with Crippen molar-refractivity contribution in [3.63, 3.8) is 0 Å². The molecule has 0 amide bonds. The molecule has 1 aromatic carbocycles. The van der Waals surface area contributed by atoms with Crippen molar-refractivity contribution in [2.45, 2.75) is 13.8 Å². The van der Waals surface area contributed by atoms with E-state index in [9.17, 15) is 4.79 Å². The van der Waals surface area contributed by atoms with Gasteiger partial charge in [0, 0.05) is 0 Å². The largest absolute Gasteiger partial charge is 0.282 e. The second-order valence-corrected chi connectivity index (χ2v) is 3.72.